The molecule has 2 N–H and O–H groups in total. The Bertz CT molecular complexity index is 779. The van der Waals surface area contributed by atoms with Crippen molar-refractivity contribution in [1.29, 1.82) is 0 Å². The fourth-order valence-corrected chi connectivity index (χ4v) is 2.11. The van der Waals surface area contributed by atoms with Crippen LogP contribution in [0.2, 0.25) is 5.02 Å². The quantitative estimate of drug-likeness (QED) is 0.814. The van der Waals surface area contributed by atoms with E-state index in [1.54, 1.807) is 32.9 Å². The highest BCUT2D eigenvalue weighted by atomic mass is 35.5. The van der Waals surface area contributed by atoms with Gasteiger partial charge in [0.05, 0.1) is 5.02 Å². The Kier molecular flexibility index (Phi) is 5.79. The molecule has 0 radical (unpaired) electrons. The average Bonchev–Trinajstić information content (AvgIpc) is 2.50. The van der Waals surface area contributed by atoms with E-state index in [4.69, 9.17) is 16.3 Å². The van der Waals surface area contributed by atoms with Crippen LogP contribution in [0.25, 0.3) is 0 Å². The molecule has 0 aliphatic heterocycles. The van der Waals surface area contributed by atoms with Crippen LogP contribution in [0.4, 0.5) is 25.1 Å². The number of ether oxygens (including phenoxy) is 1. The summed E-state index contributed by atoms with van der Waals surface area (Å²) >= 11 is 6.02. The summed E-state index contributed by atoms with van der Waals surface area (Å²) in [5.74, 6) is -1.78. The fourth-order valence-electron chi connectivity index (χ4n) is 1.94. The molecule has 0 fully saturated rings. The first kappa shape index (κ1) is 18.9. The maximum atomic E-state index is 13.6. The number of nitrogens with one attached hydrogen (secondary N) is 2. The molecule has 25 heavy (non-hydrogen) atoms. The lowest BCUT2D eigenvalue weighted by atomic mass is 10.1. The SMILES string of the molecule is CC(C)(C)OC(=O)NCc1cc(F)c(F)cc1Nc1ncccc1Cl. The number of carbonyl (C=O) groups excluding carboxylic acids is 1. The number of rotatable bonds is 4. The Morgan fingerprint density at radius 3 is 2.60 bits per heavy atom. The van der Waals surface area contributed by atoms with Gasteiger partial charge in [-0.15, -0.1) is 0 Å². The molecule has 134 valence electrons. The first-order chi connectivity index (χ1) is 11.7. The number of anilines is 2. The van der Waals surface area contributed by atoms with Crippen LogP contribution in [0.3, 0.4) is 0 Å². The number of amides is 1. The van der Waals surface area contributed by atoms with Gasteiger partial charge in [0.15, 0.2) is 11.6 Å². The third-order valence-corrected chi connectivity index (χ3v) is 3.28. The summed E-state index contributed by atoms with van der Waals surface area (Å²) in [6.07, 6.45) is 0.839. The van der Waals surface area contributed by atoms with E-state index in [0.29, 0.717) is 10.6 Å². The minimum absolute atomic E-state index is 0.0705. The lowest BCUT2D eigenvalue weighted by Crippen LogP contribution is -2.32. The standard InChI is InChI=1S/C17H18ClF2N3O2/c1-17(2,3)25-16(24)22-9-10-7-12(19)13(20)8-14(10)23-15-11(18)5-4-6-21-15/h4-8H,9H2,1-3H3,(H,21,23)(H,22,24). The molecule has 0 unspecified atom stereocenters. The van der Waals surface area contributed by atoms with Crippen molar-refractivity contribution in [1.82, 2.24) is 10.3 Å². The molecular weight excluding hydrogens is 352 g/mol. The minimum atomic E-state index is -1.03. The van der Waals surface area contributed by atoms with Gasteiger partial charge in [-0.05, 0) is 44.5 Å². The van der Waals surface area contributed by atoms with Crippen molar-refractivity contribution in [2.45, 2.75) is 32.9 Å². The highest BCUT2D eigenvalue weighted by Crippen LogP contribution is 2.27. The molecule has 1 aromatic heterocycles. The normalized spacial score (nSPS) is 11.1. The molecule has 0 saturated heterocycles. The first-order valence-corrected chi connectivity index (χ1v) is 7.86. The predicted molar refractivity (Wildman–Crippen MR) is 92.0 cm³/mol. The van der Waals surface area contributed by atoms with Gasteiger partial charge >= 0.3 is 6.09 Å². The van der Waals surface area contributed by atoms with E-state index in [-0.39, 0.29) is 18.1 Å². The summed E-state index contributed by atoms with van der Waals surface area (Å²) < 4.78 is 32.3. The molecule has 0 aliphatic rings. The van der Waals surface area contributed by atoms with Crippen LogP contribution in [0.15, 0.2) is 30.5 Å². The second-order valence-electron chi connectivity index (χ2n) is 6.24. The van der Waals surface area contributed by atoms with Gasteiger partial charge in [0.1, 0.15) is 11.4 Å². The van der Waals surface area contributed by atoms with Crippen LogP contribution in [-0.4, -0.2) is 16.7 Å². The highest BCUT2D eigenvalue weighted by molar-refractivity contribution is 6.33. The van der Waals surface area contributed by atoms with Gasteiger partial charge in [0.2, 0.25) is 0 Å². The monoisotopic (exact) mass is 369 g/mol. The molecule has 1 heterocycles. The van der Waals surface area contributed by atoms with E-state index in [2.05, 4.69) is 15.6 Å². The van der Waals surface area contributed by atoms with E-state index >= 15 is 0 Å². The van der Waals surface area contributed by atoms with Crippen molar-refractivity contribution < 1.29 is 18.3 Å². The summed E-state index contributed by atoms with van der Waals surface area (Å²) in [4.78, 5) is 15.8. The lowest BCUT2D eigenvalue weighted by Gasteiger charge is -2.20. The van der Waals surface area contributed by atoms with Gasteiger partial charge in [0.25, 0.3) is 0 Å². The summed E-state index contributed by atoms with van der Waals surface area (Å²) in [6.45, 7) is 5.10. The number of benzene rings is 1. The first-order valence-electron chi connectivity index (χ1n) is 7.48. The maximum absolute atomic E-state index is 13.6. The molecule has 8 heteroatoms. The number of alkyl carbamates (subject to hydrolysis) is 1. The van der Waals surface area contributed by atoms with Crippen molar-refractivity contribution in [3.63, 3.8) is 0 Å². The average molecular weight is 370 g/mol. The molecule has 0 atom stereocenters. The number of pyridine rings is 1. The third kappa shape index (κ3) is 5.56. The van der Waals surface area contributed by atoms with Gasteiger partial charge in [0, 0.05) is 24.5 Å². The summed E-state index contributed by atoms with van der Waals surface area (Å²) in [5.41, 5.74) is -0.122. The topological polar surface area (TPSA) is 63.2 Å². The Balaban J connectivity index is 2.21. The zero-order valence-corrected chi connectivity index (χ0v) is 14.7. The van der Waals surface area contributed by atoms with Gasteiger partial charge in [-0.2, -0.15) is 0 Å². The van der Waals surface area contributed by atoms with Crippen LogP contribution >= 0.6 is 11.6 Å². The zero-order valence-electron chi connectivity index (χ0n) is 14.0. The molecule has 2 aromatic rings. The second kappa shape index (κ2) is 7.65. The molecule has 0 bridgehead atoms. The van der Waals surface area contributed by atoms with Crippen LogP contribution in [0.5, 0.6) is 0 Å². The van der Waals surface area contributed by atoms with Gasteiger partial charge in [-0.1, -0.05) is 11.6 Å². The van der Waals surface area contributed by atoms with Crippen LogP contribution < -0.4 is 10.6 Å². The van der Waals surface area contributed by atoms with Gasteiger partial charge in [-0.3, -0.25) is 0 Å². The fraction of sp³-hybridized carbons (Fsp3) is 0.294. The third-order valence-electron chi connectivity index (χ3n) is 2.98. The molecule has 0 saturated carbocycles. The van der Waals surface area contributed by atoms with Crippen molar-refractivity contribution in [2.75, 3.05) is 5.32 Å². The van der Waals surface area contributed by atoms with Crippen molar-refractivity contribution in [3.8, 4) is 0 Å². The summed E-state index contributed by atoms with van der Waals surface area (Å²) in [5, 5.41) is 5.66. The lowest BCUT2D eigenvalue weighted by molar-refractivity contribution is 0.0523. The van der Waals surface area contributed by atoms with E-state index in [9.17, 15) is 13.6 Å². The van der Waals surface area contributed by atoms with E-state index < -0.39 is 23.3 Å². The minimum Gasteiger partial charge on any atom is -0.444 e. The van der Waals surface area contributed by atoms with Crippen molar-refractivity contribution in [2.24, 2.45) is 0 Å². The Morgan fingerprint density at radius 1 is 1.28 bits per heavy atom. The summed E-state index contributed by atoms with van der Waals surface area (Å²) in [7, 11) is 0. The van der Waals surface area contributed by atoms with Crippen LogP contribution in [0.1, 0.15) is 26.3 Å². The molecule has 5 nitrogen and oxygen atoms in total. The molecule has 1 amide bonds. The van der Waals surface area contributed by atoms with Crippen molar-refractivity contribution in [3.05, 3.63) is 52.7 Å². The molecule has 0 aliphatic carbocycles. The summed E-state index contributed by atoms with van der Waals surface area (Å²) in [6, 6.07) is 5.22. The largest absolute Gasteiger partial charge is 0.444 e. The number of halogens is 3. The van der Waals surface area contributed by atoms with E-state index in [1.807, 2.05) is 0 Å². The number of hydrogen-bond acceptors (Lipinski definition) is 4. The molecule has 2 rings (SSSR count). The Morgan fingerprint density at radius 2 is 1.96 bits per heavy atom. The number of nitrogens with zero attached hydrogens (tertiary/aromatic N) is 1. The van der Waals surface area contributed by atoms with Gasteiger partial charge in [-0.25, -0.2) is 18.6 Å². The number of aromatic nitrogens is 1. The smallest absolute Gasteiger partial charge is 0.407 e. The van der Waals surface area contributed by atoms with Crippen molar-refractivity contribution >= 4 is 29.2 Å². The number of carbonyl (C=O) groups is 1. The number of hydrogen-bond donors (Lipinski definition) is 2. The highest BCUT2D eigenvalue weighted by Gasteiger charge is 2.17. The Labute approximate surface area is 149 Å². The molecular formula is C17H18ClF2N3O2. The zero-order chi connectivity index (χ0) is 18.6. The van der Waals surface area contributed by atoms with Gasteiger partial charge < -0.3 is 15.4 Å². The molecule has 0 spiro atoms. The predicted octanol–water partition coefficient (Wildman–Crippen LogP) is 4.78. The maximum Gasteiger partial charge on any atom is 0.407 e. The van der Waals surface area contributed by atoms with Crippen LogP contribution in [-0.2, 0) is 11.3 Å². The van der Waals surface area contributed by atoms with E-state index in [0.717, 1.165) is 12.1 Å². The van der Waals surface area contributed by atoms with E-state index in [1.165, 1.54) is 6.20 Å². The second-order valence-corrected chi connectivity index (χ2v) is 6.64. The van der Waals surface area contributed by atoms with Crippen LogP contribution in [0, 0.1) is 11.6 Å². The Hall–Kier alpha value is -2.41. The molecule has 1 aromatic carbocycles.